The van der Waals surface area contributed by atoms with E-state index in [-0.39, 0.29) is 5.56 Å². The van der Waals surface area contributed by atoms with Crippen molar-refractivity contribution in [3.63, 3.8) is 0 Å². The number of carbonyl (C=O) groups is 1. The van der Waals surface area contributed by atoms with Crippen LogP contribution >= 0.6 is 0 Å². The van der Waals surface area contributed by atoms with E-state index in [1.54, 1.807) is 24.5 Å². The number of hydrazine groups is 1. The fourth-order valence-corrected chi connectivity index (χ4v) is 4.56. The third-order valence-corrected chi connectivity index (χ3v) is 6.28. The number of hydrogen-bond donors (Lipinski definition) is 0. The van der Waals surface area contributed by atoms with Gasteiger partial charge in [0.2, 0.25) is 0 Å². The van der Waals surface area contributed by atoms with Gasteiger partial charge >= 0.3 is 0 Å². The summed E-state index contributed by atoms with van der Waals surface area (Å²) in [5.74, 6) is -3.72. The van der Waals surface area contributed by atoms with Gasteiger partial charge in [0.05, 0.1) is 24.8 Å². The van der Waals surface area contributed by atoms with Crippen LogP contribution < -0.4 is 4.74 Å². The van der Waals surface area contributed by atoms with Gasteiger partial charge in [0, 0.05) is 19.3 Å². The monoisotopic (exact) mass is 495 g/mol. The Morgan fingerprint density at radius 1 is 1.06 bits per heavy atom. The van der Waals surface area contributed by atoms with E-state index in [1.807, 2.05) is 47.0 Å². The van der Waals surface area contributed by atoms with Gasteiger partial charge in [0.1, 0.15) is 17.6 Å². The summed E-state index contributed by atoms with van der Waals surface area (Å²) >= 11 is 0. The molecule has 3 aromatic rings. The van der Waals surface area contributed by atoms with E-state index in [0.717, 1.165) is 41.9 Å². The molecule has 0 spiro atoms. The van der Waals surface area contributed by atoms with Crippen molar-refractivity contribution >= 4 is 17.8 Å². The third kappa shape index (κ3) is 4.39. The molecule has 0 saturated carbocycles. The number of imidazole rings is 1. The molecule has 5 rings (SSSR count). The number of aliphatic imine (C=N–C) groups is 1. The van der Waals surface area contributed by atoms with Crippen LogP contribution in [-0.2, 0) is 4.79 Å². The molecule has 1 amide bonds. The molecule has 1 atom stereocenters. The Morgan fingerprint density at radius 2 is 1.81 bits per heavy atom. The fraction of sp³-hybridized carbons (Fsp3) is 0.269. The molecule has 2 aromatic carbocycles. The number of aromatic nitrogens is 2. The van der Waals surface area contributed by atoms with Crippen LogP contribution in [0.2, 0.25) is 0 Å². The predicted molar refractivity (Wildman–Crippen MR) is 128 cm³/mol. The van der Waals surface area contributed by atoms with E-state index < -0.39 is 29.4 Å². The van der Waals surface area contributed by atoms with Crippen LogP contribution in [0.3, 0.4) is 0 Å². The average molecular weight is 496 g/mol. The quantitative estimate of drug-likeness (QED) is 0.484. The van der Waals surface area contributed by atoms with Gasteiger partial charge < -0.3 is 9.30 Å². The van der Waals surface area contributed by atoms with E-state index in [1.165, 1.54) is 0 Å². The van der Waals surface area contributed by atoms with Gasteiger partial charge in [-0.3, -0.25) is 9.80 Å². The highest BCUT2D eigenvalue weighted by atomic mass is 19.2. The Kier molecular flexibility index (Phi) is 6.36. The maximum atomic E-state index is 13.9. The van der Waals surface area contributed by atoms with Gasteiger partial charge in [-0.1, -0.05) is 12.1 Å². The highest BCUT2D eigenvalue weighted by Gasteiger charge is 2.39. The van der Waals surface area contributed by atoms with Gasteiger partial charge in [-0.05, 0) is 61.2 Å². The van der Waals surface area contributed by atoms with Crippen molar-refractivity contribution in [2.24, 2.45) is 4.99 Å². The number of ether oxygens (including phenoxy) is 1. The molecule has 2 aliphatic heterocycles. The molecule has 36 heavy (non-hydrogen) atoms. The zero-order valence-electron chi connectivity index (χ0n) is 19.8. The van der Waals surface area contributed by atoms with E-state index in [2.05, 4.69) is 9.98 Å². The number of aryl methyl sites for hydroxylation is 1. The van der Waals surface area contributed by atoms with E-state index in [4.69, 9.17) is 4.74 Å². The lowest BCUT2D eigenvalue weighted by atomic mass is 10.0. The van der Waals surface area contributed by atoms with Crippen molar-refractivity contribution in [2.45, 2.75) is 25.8 Å². The van der Waals surface area contributed by atoms with Crippen LogP contribution in [0, 0.1) is 24.4 Å². The second kappa shape index (κ2) is 9.62. The molecule has 3 heterocycles. The molecular formula is C26H24F3N5O2. The normalized spacial score (nSPS) is 18.5. The van der Waals surface area contributed by atoms with Crippen LogP contribution in [0.25, 0.3) is 11.8 Å². The molecule has 2 aliphatic rings. The first-order valence-electron chi connectivity index (χ1n) is 11.5. The summed E-state index contributed by atoms with van der Waals surface area (Å²) in [6, 6.07) is 6.39. The van der Waals surface area contributed by atoms with E-state index >= 15 is 0 Å². The molecule has 1 aromatic heterocycles. The molecule has 0 aliphatic carbocycles. The zero-order chi connectivity index (χ0) is 25.4. The largest absolute Gasteiger partial charge is 0.495 e. The number of benzene rings is 2. The minimum Gasteiger partial charge on any atom is -0.495 e. The topological polar surface area (TPSA) is 63.0 Å². The summed E-state index contributed by atoms with van der Waals surface area (Å²) in [5, 5.41) is 3.58. The zero-order valence-corrected chi connectivity index (χ0v) is 19.8. The number of amidine groups is 1. The smallest absolute Gasteiger partial charge is 0.271 e. The average Bonchev–Trinajstić information content (AvgIpc) is 3.31. The Balaban J connectivity index is 1.45. The van der Waals surface area contributed by atoms with Gasteiger partial charge in [-0.25, -0.2) is 23.2 Å². The van der Waals surface area contributed by atoms with Gasteiger partial charge in [0.15, 0.2) is 17.5 Å². The lowest BCUT2D eigenvalue weighted by Gasteiger charge is -2.45. The Labute approximate surface area is 206 Å². The minimum atomic E-state index is -1.56. The number of fused-ring (bicyclic) bond motifs is 1. The predicted octanol–water partition coefficient (Wildman–Crippen LogP) is 4.61. The number of amides is 1. The van der Waals surface area contributed by atoms with Crippen LogP contribution in [0.1, 0.15) is 35.7 Å². The standard InChI is InChI=1S/C26H24F3N5O2/c1-16-14-32(15-30-16)21-7-5-17(11-22(21)36-2)6-8-23-31-26(35)25(34-10-4-3-9-33(23)34)18-12-19(27)24(29)20(28)13-18/h5-8,11-15,25H,3-4,9-10H2,1-2H3. The van der Waals surface area contributed by atoms with Crippen molar-refractivity contribution in [2.75, 3.05) is 20.2 Å². The van der Waals surface area contributed by atoms with Crippen molar-refractivity contribution in [1.29, 1.82) is 0 Å². The number of rotatable bonds is 5. The van der Waals surface area contributed by atoms with Gasteiger partial charge in [0.25, 0.3) is 5.91 Å². The number of nitrogens with zero attached hydrogens (tertiary/aromatic N) is 5. The molecule has 1 fully saturated rings. The van der Waals surface area contributed by atoms with Crippen molar-refractivity contribution in [1.82, 2.24) is 19.6 Å². The molecule has 10 heteroatoms. The van der Waals surface area contributed by atoms with Crippen LogP contribution in [0.5, 0.6) is 5.75 Å². The number of halogens is 3. The van der Waals surface area contributed by atoms with Crippen molar-refractivity contribution in [3.8, 4) is 11.4 Å². The molecular weight excluding hydrogens is 471 g/mol. The van der Waals surface area contributed by atoms with Crippen LogP contribution in [-0.4, -0.2) is 51.5 Å². The lowest BCUT2D eigenvalue weighted by molar-refractivity contribution is -0.134. The highest BCUT2D eigenvalue weighted by molar-refractivity contribution is 6.06. The molecule has 0 radical (unpaired) electrons. The first kappa shape index (κ1) is 23.8. The summed E-state index contributed by atoms with van der Waals surface area (Å²) in [6.07, 6.45) is 8.83. The van der Waals surface area contributed by atoms with Crippen molar-refractivity contribution < 1.29 is 22.7 Å². The van der Waals surface area contributed by atoms with Crippen LogP contribution in [0.15, 0.2) is 53.9 Å². The second-order valence-corrected chi connectivity index (χ2v) is 8.69. The third-order valence-electron chi connectivity index (χ3n) is 6.28. The van der Waals surface area contributed by atoms with Crippen molar-refractivity contribution in [3.05, 3.63) is 83.2 Å². The molecule has 1 unspecified atom stereocenters. The summed E-state index contributed by atoms with van der Waals surface area (Å²) in [5.41, 5.74) is 2.59. The highest BCUT2D eigenvalue weighted by Crippen LogP contribution is 2.33. The minimum absolute atomic E-state index is 0.0325. The summed E-state index contributed by atoms with van der Waals surface area (Å²) in [6.45, 7) is 2.99. The molecule has 0 N–H and O–H groups in total. The fourth-order valence-electron chi connectivity index (χ4n) is 4.56. The molecule has 0 bridgehead atoms. The Morgan fingerprint density at radius 3 is 2.50 bits per heavy atom. The van der Waals surface area contributed by atoms with E-state index in [0.29, 0.717) is 24.7 Å². The second-order valence-electron chi connectivity index (χ2n) is 8.69. The molecule has 186 valence electrons. The van der Waals surface area contributed by atoms with E-state index in [9.17, 15) is 18.0 Å². The first-order chi connectivity index (χ1) is 17.4. The maximum Gasteiger partial charge on any atom is 0.271 e. The van der Waals surface area contributed by atoms with Gasteiger partial charge in [-0.2, -0.15) is 4.99 Å². The summed E-state index contributed by atoms with van der Waals surface area (Å²) < 4.78 is 48.8. The molecule has 7 nitrogen and oxygen atoms in total. The summed E-state index contributed by atoms with van der Waals surface area (Å²) in [7, 11) is 1.59. The molecule has 1 saturated heterocycles. The first-order valence-corrected chi connectivity index (χ1v) is 11.5. The summed E-state index contributed by atoms with van der Waals surface area (Å²) in [4.78, 5) is 21.5. The Bertz CT molecular complexity index is 1360. The Hall–Kier alpha value is -3.92. The van der Waals surface area contributed by atoms with Gasteiger partial charge in [-0.15, -0.1) is 0 Å². The lowest BCUT2D eigenvalue weighted by Crippen LogP contribution is -2.56. The van der Waals surface area contributed by atoms with Crippen LogP contribution in [0.4, 0.5) is 13.2 Å². The number of hydrogen-bond acceptors (Lipinski definition) is 5. The maximum absolute atomic E-state index is 13.9. The number of methoxy groups -OCH3 is 1. The SMILES string of the molecule is COc1cc(C=CC2=NC(=O)C(c3cc(F)c(F)c(F)c3)N3CCCCN23)ccc1-n1cnc(C)c1. The number of carbonyl (C=O) groups excluding carboxylic acids is 1.